The van der Waals surface area contributed by atoms with Gasteiger partial charge in [0.05, 0.1) is 19.9 Å². The zero-order chi connectivity index (χ0) is 22.6. The first-order valence-corrected chi connectivity index (χ1v) is 10.3. The zero-order valence-corrected chi connectivity index (χ0v) is 18.8. The molecule has 0 saturated heterocycles. The van der Waals surface area contributed by atoms with Gasteiger partial charge in [-0.25, -0.2) is 0 Å². The average molecular weight is 427 g/mol. The van der Waals surface area contributed by atoms with Gasteiger partial charge in [-0.3, -0.25) is 9.59 Å². The SMILES string of the molecule is COc1ccc(CCNC(=O)CCN2C(=O)C(C)(C)Oc3ccc(C)cc32)cc1OC. The maximum Gasteiger partial charge on any atom is 0.270 e. The second-order valence-corrected chi connectivity index (χ2v) is 8.08. The molecule has 0 fully saturated rings. The van der Waals surface area contributed by atoms with Crippen LogP contribution in [0, 0.1) is 6.92 Å². The molecule has 31 heavy (non-hydrogen) atoms. The molecule has 0 unspecified atom stereocenters. The molecule has 166 valence electrons. The number of carbonyl (C=O) groups is 2. The number of amides is 2. The van der Waals surface area contributed by atoms with Crippen LogP contribution in [-0.4, -0.2) is 44.7 Å². The summed E-state index contributed by atoms with van der Waals surface area (Å²) in [5.74, 6) is 1.73. The Hall–Kier alpha value is -3.22. The van der Waals surface area contributed by atoms with Gasteiger partial charge in [-0.2, -0.15) is 0 Å². The molecule has 0 aromatic heterocycles. The van der Waals surface area contributed by atoms with Crippen molar-refractivity contribution in [1.82, 2.24) is 5.32 Å². The number of hydrogen-bond donors (Lipinski definition) is 1. The standard InChI is InChI=1S/C24H30N2O5/c1-16-6-8-19-18(14-16)26(23(28)24(2,3)31-19)13-11-22(27)25-12-10-17-7-9-20(29-4)21(15-17)30-5/h6-9,14-15H,10-13H2,1-5H3,(H,25,27). The predicted molar refractivity (Wildman–Crippen MR) is 119 cm³/mol. The summed E-state index contributed by atoms with van der Waals surface area (Å²) < 4.78 is 16.4. The quantitative estimate of drug-likeness (QED) is 0.701. The summed E-state index contributed by atoms with van der Waals surface area (Å²) >= 11 is 0. The minimum absolute atomic E-state index is 0.105. The molecule has 0 radical (unpaired) electrons. The lowest BCUT2D eigenvalue weighted by molar-refractivity contribution is -0.132. The molecular formula is C24H30N2O5. The summed E-state index contributed by atoms with van der Waals surface area (Å²) in [5.41, 5.74) is 1.81. The van der Waals surface area contributed by atoms with Crippen molar-refractivity contribution in [3.63, 3.8) is 0 Å². The Balaban J connectivity index is 1.57. The van der Waals surface area contributed by atoms with E-state index in [4.69, 9.17) is 14.2 Å². The van der Waals surface area contributed by atoms with Crippen molar-refractivity contribution in [3.05, 3.63) is 47.5 Å². The molecule has 7 nitrogen and oxygen atoms in total. The first-order chi connectivity index (χ1) is 14.7. The van der Waals surface area contributed by atoms with E-state index in [2.05, 4.69) is 5.32 Å². The molecule has 3 rings (SSSR count). The monoisotopic (exact) mass is 426 g/mol. The first-order valence-electron chi connectivity index (χ1n) is 10.3. The van der Waals surface area contributed by atoms with Crippen LogP contribution in [-0.2, 0) is 16.0 Å². The molecule has 0 spiro atoms. The summed E-state index contributed by atoms with van der Waals surface area (Å²) in [7, 11) is 3.19. The minimum Gasteiger partial charge on any atom is -0.493 e. The van der Waals surface area contributed by atoms with Crippen LogP contribution >= 0.6 is 0 Å². The van der Waals surface area contributed by atoms with Crippen molar-refractivity contribution in [2.75, 3.05) is 32.2 Å². The van der Waals surface area contributed by atoms with Gasteiger partial charge in [0.15, 0.2) is 17.1 Å². The number of nitrogens with one attached hydrogen (secondary N) is 1. The van der Waals surface area contributed by atoms with Crippen molar-refractivity contribution < 1.29 is 23.8 Å². The molecule has 7 heteroatoms. The number of carbonyl (C=O) groups excluding carboxylic acids is 2. The summed E-state index contributed by atoms with van der Waals surface area (Å²) in [4.78, 5) is 27.0. The lowest BCUT2D eigenvalue weighted by Gasteiger charge is -2.38. The van der Waals surface area contributed by atoms with Gasteiger partial charge in [-0.15, -0.1) is 0 Å². The van der Waals surface area contributed by atoms with Crippen LogP contribution in [0.1, 0.15) is 31.4 Å². The highest BCUT2D eigenvalue weighted by molar-refractivity contribution is 6.02. The van der Waals surface area contributed by atoms with Gasteiger partial charge in [-0.05, 0) is 62.6 Å². The second-order valence-electron chi connectivity index (χ2n) is 8.08. The van der Waals surface area contributed by atoms with Crippen LogP contribution in [0.4, 0.5) is 5.69 Å². The number of fused-ring (bicyclic) bond motifs is 1. The maximum absolute atomic E-state index is 12.9. The highest BCUT2D eigenvalue weighted by Gasteiger charge is 2.40. The largest absolute Gasteiger partial charge is 0.493 e. The molecule has 0 atom stereocenters. The van der Waals surface area contributed by atoms with Crippen LogP contribution < -0.4 is 24.4 Å². The number of hydrogen-bond acceptors (Lipinski definition) is 5. The van der Waals surface area contributed by atoms with Crippen LogP contribution in [0.3, 0.4) is 0 Å². The third kappa shape index (κ3) is 5.10. The maximum atomic E-state index is 12.9. The van der Waals surface area contributed by atoms with Crippen molar-refractivity contribution in [2.24, 2.45) is 0 Å². The van der Waals surface area contributed by atoms with E-state index in [9.17, 15) is 9.59 Å². The molecule has 1 heterocycles. The topological polar surface area (TPSA) is 77.1 Å². The van der Waals surface area contributed by atoms with Crippen molar-refractivity contribution in [1.29, 1.82) is 0 Å². The molecule has 1 N–H and O–H groups in total. The average Bonchev–Trinajstić information content (AvgIpc) is 2.74. The summed E-state index contributed by atoms with van der Waals surface area (Å²) in [6.45, 7) is 6.24. The summed E-state index contributed by atoms with van der Waals surface area (Å²) in [5, 5.41) is 2.93. The van der Waals surface area contributed by atoms with E-state index >= 15 is 0 Å². The van der Waals surface area contributed by atoms with Crippen LogP contribution in [0.15, 0.2) is 36.4 Å². The van der Waals surface area contributed by atoms with Gasteiger partial charge in [0.2, 0.25) is 5.91 Å². The van der Waals surface area contributed by atoms with Crippen LogP contribution in [0.5, 0.6) is 17.2 Å². The van der Waals surface area contributed by atoms with Crippen molar-refractivity contribution >= 4 is 17.5 Å². The second kappa shape index (κ2) is 9.29. The van der Waals surface area contributed by atoms with Gasteiger partial charge in [-0.1, -0.05) is 12.1 Å². The Morgan fingerprint density at radius 3 is 2.55 bits per heavy atom. The fourth-order valence-electron chi connectivity index (χ4n) is 3.58. The van der Waals surface area contributed by atoms with Gasteiger partial charge in [0, 0.05) is 19.5 Å². The van der Waals surface area contributed by atoms with Gasteiger partial charge in [0.1, 0.15) is 5.75 Å². The molecule has 1 aliphatic rings. The number of nitrogens with zero attached hydrogens (tertiary/aromatic N) is 1. The third-order valence-electron chi connectivity index (χ3n) is 5.28. The summed E-state index contributed by atoms with van der Waals surface area (Å²) in [6, 6.07) is 11.4. The highest BCUT2D eigenvalue weighted by Crippen LogP contribution is 2.38. The van der Waals surface area contributed by atoms with Gasteiger partial charge < -0.3 is 24.4 Å². The van der Waals surface area contributed by atoms with Crippen molar-refractivity contribution in [2.45, 2.75) is 39.2 Å². The normalized spacial score (nSPS) is 14.5. The summed E-state index contributed by atoms with van der Waals surface area (Å²) in [6.07, 6.45) is 0.874. The number of methoxy groups -OCH3 is 2. The molecular weight excluding hydrogens is 396 g/mol. The first kappa shape index (κ1) is 22.5. The Bertz CT molecular complexity index is 970. The van der Waals surface area contributed by atoms with E-state index in [1.54, 1.807) is 33.0 Å². The van der Waals surface area contributed by atoms with E-state index in [0.717, 1.165) is 11.1 Å². The lowest BCUT2D eigenvalue weighted by atomic mass is 10.0. The number of ether oxygens (including phenoxy) is 3. The molecule has 1 aliphatic heterocycles. The Labute approximate surface area is 183 Å². The molecule has 2 aromatic carbocycles. The Morgan fingerprint density at radius 1 is 1.10 bits per heavy atom. The third-order valence-corrected chi connectivity index (χ3v) is 5.28. The van der Waals surface area contributed by atoms with Gasteiger partial charge in [0.25, 0.3) is 5.91 Å². The fraction of sp³-hybridized carbons (Fsp3) is 0.417. The van der Waals surface area contributed by atoms with Gasteiger partial charge >= 0.3 is 0 Å². The minimum atomic E-state index is -0.966. The predicted octanol–water partition coefficient (Wildman–Crippen LogP) is 3.27. The Kier molecular flexibility index (Phi) is 6.73. The molecule has 0 aliphatic carbocycles. The number of benzene rings is 2. The number of aryl methyl sites for hydroxylation is 1. The zero-order valence-electron chi connectivity index (χ0n) is 18.8. The van der Waals surface area contributed by atoms with E-state index in [-0.39, 0.29) is 18.2 Å². The smallest absolute Gasteiger partial charge is 0.270 e. The van der Waals surface area contributed by atoms with E-state index < -0.39 is 5.60 Å². The number of rotatable bonds is 8. The van der Waals surface area contributed by atoms with Crippen molar-refractivity contribution in [3.8, 4) is 17.2 Å². The van der Waals surface area contributed by atoms with E-state index in [1.807, 2.05) is 43.3 Å². The lowest BCUT2D eigenvalue weighted by Crippen LogP contribution is -2.53. The fourth-order valence-corrected chi connectivity index (χ4v) is 3.58. The molecule has 0 bridgehead atoms. The Morgan fingerprint density at radius 2 is 1.84 bits per heavy atom. The molecule has 0 saturated carbocycles. The number of anilines is 1. The highest BCUT2D eigenvalue weighted by atomic mass is 16.5. The molecule has 2 amide bonds. The van der Waals surface area contributed by atoms with E-state index in [0.29, 0.717) is 42.4 Å². The van der Waals surface area contributed by atoms with Crippen LogP contribution in [0.2, 0.25) is 0 Å². The van der Waals surface area contributed by atoms with E-state index in [1.165, 1.54) is 0 Å². The van der Waals surface area contributed by atoms with Crippen LogP contribution in [0.25, 0.3) is 0 Å². The molecule has 2 aromatic rings.